The molecule has 0 spiro atoms. The van der Waals surface area contributed by atoms with Gasteiger partial charge in [0.15, 0.2) is 0 Å². The van der Waals surface area contributed by atoms with E-state index in [-0.39, 0.29) is 11.5 Å². The van der Waals surface area contributed by atoms with Crippen molar-refractivity contribution in [2.24, 2.45) is 7.05 Å². The number of imidazole rings is 1. The van der Waals surface area contributed by atoms with Gasteiger partial charge in [0.1, 0.15) is 22.8 Å². The normalized spacial score (nSPS) is 12.3. The topological polar surface area (TPSA) is 90.0 Å². The van der Waals surface area contributed by atoms with Crippen molar-refractivity contribution in [2.75, 3.05) is 5.32 Å². The monoisotopic (exact) mass is 455 g/mol. The molecular weight excluding hydrogens is 444 g/mol. The van der Waals surface area contributed by atoms with Gasteiger partial charge in [-0.2, -0.15) is 31.4 Å². The van der Waals surface area contributed by atoms with E-state index >= 15 is 0 Å². The number of amides is 1. The highest BCUT2D eigenvalue weighted by atomic mass is 19.4. The first-order valence-electron chi connectivity index (χ1n) is 8.74. The Morgan fingerprint density at radius 2 is 1.78 bits per heavy atom. The van der Waals surface area contributed by atoms with Gasteiger partial charge in [-0.05, 0) is 18.2 Å². The van der Waals surface area contributed by atoms with Gasteiger partial charge >= 0.3 is 12.4 Å². The summed E-state index contributed by atoms with van der Waals surface area (Å²) in [5, 5.41) is 5.89. The Balaban J connectivity index is 1.80. The standard InChI is InChI=1S/C18H11F6N7O/c1-30-14(28-15(32)9-3-5-25-11(7-9)17(19,20)21)12(18(22,23)24)13(29-30)10-8-27-16-26-4-2-6-31(10)16/h2-8H,1H3,(H,28,32). The number of anilines is 1. The average Bonchev–Trinajstić information content (AvgIpc) is 3.28. The Kier molecular flexibility index (Phi) is 4.86. The van der Waals surface area contributed by atoms with Crippen LogP contribution in [0.15, 0.2) is 43.0 Å². The van der Waals surface area contributed by atoms with Crippen LogP contribution >= 0.6 is 0 Å². The van der Waals surface area contributed by atoms with Crippen LogP contribution in [0.5, 0.6) is 0 Å². The molecule has 0 bridgehead atoms. The van der Waals surface area contributed by atoms with E-state index in [0.717, 1.165) is 30.2 Å². The first-order chi connectivity index (χ1) is 15.0. The van der Waals surface area contributed by atoms with E-state index in [1.807, 2.05) is 5.32 Å². The quantitative estimate of drug-likeness (QED) is 0.475. The number of carbonyl (C=O) groups excluding carboxylic acids is 1. The minimum Gasteiger partial charge on any atom is -0.306 e. The van der Waals surface area contributed by atoms with Crippen LogP contribution in [0.2, 0.25) is 0 Å². The molecule has 0 aliphatic carbocycles. The lowest BCUT2D eigenvalue weighted by molar-refractivity contribution is -0.141. The summed E-state index contributed by atoms with van der Waals surface area (Å²) in [5.74, 6) is -1.82. The highest BCUT2D eigenvalue weighted by molar-refractivity contribution is 6.04. The average molecular weight is 455 g/mol. The maximum atomic E-state index is 14.0. The molecular formula is C18H11F6N7O. The SMILES string of the molecule is Cn1nc(-c2cnc3ncccn23)c(C(F)(F)F)c1NC(=O)c1ccnc(C(F)(F)F)c1. The maximum absolute atomic E-state index is 14.0. The fraction of sp³-hybridized carbons (Fsp3) is 0.167. The molecule has 4 aromatic rings. The minimum atomic E-state index is -4.96. The van der Waals surface area contributed by atoms with Crippen molar-refractivity contribution in [3.8, 4) is 11.4 Å². The van der Waals surface area contributed by atoms with E-state index in [1.165, 1.54) is 22.9 Å². The van der Waals surface area contributed by atoms with Gasteiger partial charge < -0.3 is 5.32 Å². The molecule has 0 unspecified atom stereocenters. The van der Waals surface area contributed by atoms with Gasteiger partial charge in [0.2, 0.25) is 5.78 Å². The highest BCUT2D eigenvalue weighted by Crippen LogP contribution is 2.41. The minimum absolute atomic E-state index is 0.0419. The van der Waals surface area contributed by atoms with E-state index in [9.17, 15) is 31.1 Å². The summed E-state index contributed by atoms with van der Waals surface area (Å²) in [7, 11) is 1.16. The Labute approximate surface area is 174 Å². The maximum Gasteiger partial charge on any atom is 0.433 e. The molecule has 0 aliphatic heterocycles. The van der Waals surface area contributed by atoms with Crippen molar-refractivity contribution in [3.63, 3.8) is 0 Å². The molecule has 0 saturated carbocycles. The number of carbonyl (C=O) groups is 1. The molecule has 0 saturated heterocycles. The van der Waals surface area contributed by atoms with Crippen molar-refractivity contribution < 1.29 is 31.1 Å². The molecule has 1 amide bonds. The number of alkyl halides is 6. The lowest BCUT2D eigenvalue weighted by atomic mass is 10.1. The second-order valence-corrected chi connectivity index (χ2v) is 6.51. The molecule has 8 nitrogen and oxygen atoms in total. The molecule has 4 rings (SSSR count). The van der Waals surface area contributed by atoms with Crippen LogP contribution in [0.1, 0.15) is 21.6 Å². The molecule has 32 heavy (non-hydrogen) atoms. The zero-order valence-corrected chi connectivity index (χ0v) is 15.9. The molecule has 166 valence electrons. The molecule has 4 aromatic heterocycles. The third kappa shape index (κ3) is 3.74. The predicted octanol–water partition coefficient (Wildman–Crippen LogP) is 3.81. The zero-order chi connectivity index (χ0) is 23.3. The van der Waals surface area contributed by atoms with Crippen LogP contribution in [0, 0.1) is 0 Å². The van der Waals surface area contributed by atoms with E-state index in [2.05, 4.69) is 20.1 Å². The number of pyridine rings is 1. The third-order valence-electron chi connectivity index (χ3n) is 4.41. The summed E-state index contributed by atoms with van der Waals surface area (Å²) in [4.78, 5) is 23.5. The van der Waals surface area contributed by atoms with E-state index in [1.54, 1.807) is 0 Å². The van der Waals surface area contributed by atoms with Gasteiger partial charge in [-0.1, -0.05) is 0 Å². The van der Waals surface area contributed by atoms with Gasteiger partial charge in [-0.15, -0.1) is 0 Å². The van der Waals surface area contributed by atoms with Crippen LogP contribution in [0.3, 0.4) is 0 Å². The molecule has 0 radical (unpaired) electrons. The van der Waals surface area contributed by atoms with Crippen molar-refractivity contribution in [1.29, 1.82) is 0 Å². The number of halogens is 6. The lowest BCUT2D eigenvalue weighted by Crippen LogP contribution is -2.19. The number of nitrogens with zero attached hydrogens (tertiary/aromatic N) is 6. The summed E-state index contributed by atoms with van der Waals surface area (Å²) >= 11 is 0. The number of aromatic nitrogens is 6. The summed E-state index contributed by atoms with van der Waals surface area (Å²) < 4.78 is 82.6. The van der Waals surface area contributed by atoms with E-state index in [0.29, 0.717) is 6.07 Å². The Hall–Kier alpha value is -3.97. The fourth-order valence-corrected chi connectivity index (χ4v) is 3.02. The van der Waals surface area contributed by atoms with E-state index in [4.69, 9.17) is 0 Å². The number of hydrogen-bond donors (Lipinski definition) is 1. The van der Waals surface area contributed by atoms with Crippen molar-refractivity contribution >= 4 is 17.5 Å². The van der Waals surface area contributed by atoms with Crippen molar-refractivity contribution in [2.45, 2.75) is 12.4 Å². The summed E-state index contributed by atoms with van der Waals surface area (Å²) in [5.41, 5.74) is -3.75. The van der Waals surface area contributed by atoms with Crippen LogP contribution in [0.25, 0.3) is 17.2 Å². The Morgan fingerprint density at radius 3 is 2.47 bits per heavy atom. The van der Waals surface area contributed by atoms with Gasteiger partial charge in [0.05, 0.1) is 11.9 Å². The number of rotatable bonds is 3. The summed E-state index contributed by atoms with van der Waals surface area (Å²) in [6.45, 7) is 0. The third-order valence-corrected chi connectivity index (χ3v) is 4.41. The van der Waals surface area contributed by atoms with Crippen LogP contribution in [-0.2, 0) is 19.4 Å². The van der Waals surface area contributed by atoms with Gasteiger partial charge in [-0.25, -0.2) is 9.97 Å². The zero-order valence-electron chi connectivity index (χ0n) is 15.9. The largest absolute Gasteiger partial charge is 0.433 e. The fourth-order valence-electron chi connectivity index (χ4n) is 3.02. The molecule has 0 aromatic carbocycles. The molecule has 1 N–H and O–H groups in total. The second-order valence-electron chi connectivity index (χ2n) is 6.51. The number of nitrogens with one attached hydrogen (secondary N) is 1. The smallest absolute Gasteiger partial charge is 0.306 e. The molecule has 4 heterocycles. The predicted molar refractivity (Wildman–Crippen MR) is 97.4 cm³/mol. The summed E-state index contributed by atoms with van der Waals surface area (Å²) in [6.07, 6.45) is -5.07. The van der Waals surface area contributed by atoms with Gasteiger partial charge in [0.25, 0.3) is 5.91 Å². The van der Waals surface area contributed by atoms with Crippen molar-refractivity contribution in [1.82, 2.24) is 29.1 Å². The first kappa shape index (κ1) is 21.3. The van der Waals surface area contributed by atoms with Crippen molar-refractivity contribution in [3.05, 3.63) is 59.8 Å². The highest BCUT2D eigenvalue weighted by Gasteiger charge is 2.42. The second kappa shape index (κ2) is 7.32. The first-order valence-corrected chi connectivity index (χ1v) is 8.74. The van der Waals surface area contributed by atoms with Crippen LogP contribution in [0.4, 0.5) is 32.2 Å². The Morgan fingerprint density at radius 1 is 1.03 bits per heavy atom. The number of hydrogen-bond acceptors (Lipinski definition) is 5. The number of aryl methyl sites for hydroxylation is 1. The molecule has 0 fully saturated rings. The molecule has 0 atom stereocenters. The van der Waals surface area contributed by atoms with Gasteiger partial charge in [-0.3, -0.25) is 18.9 Å². The van der Waals surface area contributed by atoms with E-state index < -0.39 is 46.6 Å². The number of fused-ring (bicyclic) bond motifs is 1. The summed E-state index contributed by atoms with van der Waals surface area (Å²) in [6, 6.07) is 2.88. The lowest BCUT2D eigenvalue weighted by Gasteiger charge is -2.12. The molecule has 14 heteroatoms. The van der Waals surface area contributed by atoms with Gasteiger partial charge in [0, 0.05) is 31.2 Å². The molecule has 0 aliphatic rings. The Bertz CT molecular complexity index is 1320. The van der Waals surface area contributed by atoms with Crippen LogP contribution in [-0.4, -0.2) is 35.0 Å². The van der Waals surface area contributed by atoms with Crippen LogP contribution < -0.4 is 5.32 Å².